The number of rotatable bonds is 2. The first kappa shape index (κ1) is 9.41. The third-order valence-electron chi connectivity index (χ3n) is 2.25. The van der Waals surface area contributed by atoms with Crippen molar-refractivity contribution in [2.45, 2.75) is 4.90 Å². The van der Waals surface area contributed by atoms with Gasteiger partial charge in [0.05, 0.1) is 7.11 Å². The van der Waals surface area contributed by atoms with E-state index in [2.05, 4.69) is 36.6 Å². The fraction of sp³-hybridized carbons (Fsp3) is 0.167. The summed E-state index contributed by atoms with van der Waals surface area (Å²) in [6, 6.07) is 12.6. The van der Waals surface area contributed by atoms with Crippen molar-refractivity contribution in [3.05, 3.63) is 36.4 Å². The second-order valence-electron chi connectivity index (χ2n) is 3.08. The molecule has 0 radical (unpaired) electrons. The predicted molar refractivity (Wildman–Crippen MR) is 62.3 cm³/mol. The molecule has 0 bridgehead atoms. The summed E-state index contributed by atoms with van der Waals surface area (Å²) in [7, 11) is 1.69. The minimum atomic E-state index is 0.913. The van der Waals surface area contributed by atoms with Gasteiger partial charge in [0.25, 0.3) is 0 Å². The van der Waals surface area contributed by atoms with Crippen LogP contribution in [0.5, 0.6) is 5.75 Å². The molecule has 0 saturated heterocycles. The van der Waals surface area contributed by atoms with Gasteiger partial charge in [-0.3, -0.25) is 0 Å². The minimum Gasteiger partial charge on any atom is -0.497 e. The molecule has 2 aromatic carbocycles. The maximum absolute atomic E-state index is 5.19. The van der Waals surface area contributed by atoms with Gasteiger partial charge in [-0.05, 0) is 41.3 Å². The molecule has 0 fully saturated rings. The second kappa shape index (κ2) is 3.93. The summed E-state index contributed by atoms with van der Waals surface area (Å²) >= 11 is 1.76. The molecule has 0 spiro atoms. The number of benzene rings is 2. The Labute approximate surface area is 88.1 Å². The van der Waals surface area contributed by atoms with E-state index in [-0.39, 0.29) is 0 Å². The van der Waals surface area contributed by atoms with Crippen LogP contribution in [0.1, 0.15) is 0 Å². The fourth-order valence-corrected chi connectivity index (χ4v) is 1.91. The number of ether oxygens (including phenoxy) is 1. The van der Waals surface area contributed by atoms with Gasteiger partial charge in [-0.25, -0.2) is 0 Å². The highest BCUT2D eigenvalue weighted by Gasteiger charge is 1.97. The zero-order chi connectivity index (χ0) is 9.97. The Kier molecular flexibility index (Phi) is 2.64. The van der Waals surface area contributed by atoms with E-state index < -0.39 is 0 Å². The maximum atomic E-state index is 5.19. The first-order chi connectivity index (χ1) is 6.83. The Morgan fingerprint density at radius 3 is 2.50 bits per heavy atom. The number of methoxy groups -OCH3 is 1. The first-order valence-corrected chi connectivity index (χ1v) is 5.68. The molecule has 0 unspecified atom stereocenters. The van der Waals surface area contributed by atoms with Gasteiger partial charge in [-0.2, -0.15) is 0 Å². The topological polar surface area (TPSA) is 9.23 Å². The van der Waals surface area contributed by atoms with Crippen molar-refractivity contribution in [3.8, 4) is 5.75 Å². The molecule has 0 atom stereocenters. The van der Waals surface area contributed by atoms with E-state index in [9.17, 15) is 0 Å². The Bertz CT molecular complexity index is 412. The van der Waals surface area contributed by atoms with Crippen molar-refractivity contribution in [2.24, 2.45) is 0 Å². The fourth-order valence-electron chi connectivity index (χ4n) is 1.46. The van der Waals surface area contributed by atoms with Crippen LogP contribution in [0.25, 0.3) is 10.8 Å². The van der Waals surface area contributed by atoms with Gasteiger partial charge >= 0.3 is 0 Å². The standard InChI is InChI=1S/C12H12OS/c1-13-11-5-3-9-4-6-12(14-2)8-10(9)7-11/h3-8H,1-2H3. The monoisotopic (exact) mass is 204 g/mol. The first-order valence-electron chi connectivity index (χ1n) is 4.45. The Balaban J connectivity index is 2.60. The molecule has 0 aromatic heterocycles. The molecule has 0 aliphatic rings. The number of thioether (sulfide) groups is 1. The summed E-state index contributed by atoms with van der Waals surface area (Å²) < 4.78 is 5.19. The van der Waals surface area contributed by atoms with Crippen LogP contribution in [0.15, 0.2) is 41.3 Å². The predicted octanol–water partition coefficient (Wildman–Crippen LogP) is 3.57. The van der Waals surface area contributed by atoms with Gasteiger partial charge < -0.3 is 4.74 Å². The Morgan fingerprint density at radius 1 is 1.00 bits per heavy atom. The molecule has 1 nitrogen and oxygen atoms in total. The lowest BCUT2D eigenvalue weighted by atomic mass is 10.1. The normalized spacial score (nSPS) is 10.4. The van der Waals surface area contributed by atoms with Gasteiger partial charge in [0.2, 0.25) is 0 Å². The number of fused-ring (bicyclic) bond motifs is 1. The van der Waals surface area contributed by atoms with Crippen molar-refractivity contribution in [1.29, 1.82) is 0 Å². The number of hydrogen-bond acceptors (Lipinski definition) is 2. The van der Waals surface area contributed by atoms with Crippen molar-refractivity contribution in [1.82, 2.24) is 0 Å². The highest BCUT2D eigenvalue weighted by Crippen LogP contribution is 2.25. The number of hydrogen-bond donors (Lipinski definition) is 0. The molecular formula is C12H12OS. The third kappa shape index (κ3) is 1.70. The van der Waals surface area contributed by atoms with Crippen LogP contribution < -0.4 is 4.74 Å². The van der Waals surface area contributed by atoms with Crippen molar-refractivity contribution in [3.63, 3.8) is 0 Å². The van der Waals surface area contributed by atoms with Crippen molar-refractivity contribution < 1.29 is 4.74 Å². The van der Waals surface area contributed by atoms with Crippen LogP contribution in [0.3, 0.4) is 0 Å². The lowest BCUT2D eigenvalue weighted by molar-refractivity contribution is 0.415. The Morgan fingerprint density at radius 2 is 1.79 bits per heavy atom. The summed E-state index contributed by atoms with van der Waals surface area (Å²) in [5.41, 5.74) is 0. The Hall–Kier alpha value is -1.15. The SMILES string of the molecule is COc1ccc2ccc(SC)cc2c1. The van der Waals surface area contributed by atoms with Gasteiger partial charge in [0.15, 0.2) is 0 Å². The van der Waals surface area contributed by atoms with Gasteiger partial charge in [0.1, 0.15) is 5.75 Å². The highest BCUT2D eigenvalue weighted by atomic mass is 32.2. The summed E-state index contributed by atoms with van der Waals surface area (Å²) in [6.07, 6.45) is 2.08. The zero-order valence-electron chi connectivity index (χ0n) is 8.28. The molecule has 72 valence electrons. The van der Waals surface area contributed by atoms with Crippen LogP contribution in [-0.2, 0) is 0 Å². The summed E-state index contributed by atoms with van der Waals surface area (Å²) in [5.74, 6) is 0.913. The van der Waals surface area contributed by atoms with E-state index in [0.717, 1.165) is 5.75 Å². The van der Waals surface area contributed by atoms with Crippen LogP contribution in [-0.4, -0.2) is 13.4 Å². The van der Waals surface area contributed by atoms with E-state index in [1.807, 2.05) is 6.07 Å². The second-order valence-corrected chi connectivity index (χ2v) is 3.96. The van der Waals surface area contributed by atoms with E-state index in [1.165, 1.54) is 15.7 Å². The van der Waals surface area contributed by atoms with Crippen LogP contribution in [0, 0.1) is 0 Å². The summed E-state index contributed by atoms with van der Waals surface area (Å²) in [5, 5.41) is 2.49. The molecular weight excluding hydrogens is 192 g/mol. The van der Waals surface area contributed by atoms with Crippen LogP contribution >= 0.6 is 11.8 Å². The molecule has 14 heavy (non-hydrogen) atoms. The van der Waals surface area contributed by atoms with Crippen molar-refractivity contribution in [2.75, 3.05) is 13.4 Å². The quantitative estimate of drug-likeness (QED) is 0.692. The largest absolute Gasteiger partial charge is 0.497 e. The van der Waals surface area contributed by atoms with Gasteiger partial charge in [0, 0.05) is 4.90 Å². The smallest absolute Gasteiger partial charge is 0.119 e. The van der Waals surface area contributed by atoms with E-state index in [1.54, 1.807) is 18.9 Å². The lowest BCUT2D eigenvalue weighted by Crippen LogP contribution is -1.82. The van der Waals surface area contributed by atoms with Crippen LogP contribution in [0.4, 0.5) is 0 Å². The van der Waals surface area contributed by atoms with Gasteiger partial charge in [-0.1, -0.05) is 12.1 Å². The molecule has 0 aliphatic carbocycles. The van der Waals surface area contributed by atoms with Crippen molar-refractivity contribution >= 4 is 22.5 Å². The molecule has 0 heterocycles. The average Bonchev–Trinajstić information content (AvgIpc) is 2.27. The van der Waals surface area contributed by atoms with E-state index in [4.69, 9.17) is 4.74 Å². The van der Waals surface area contributed by atoms with Gasteiger partial charge in [-0.15, -0.1) is 11.8 Å². The van der Waals surface area contributed by atoms with Crippen LogP contribution in [0.2, 0.25) is 0 Å². The van der Waals surface area contributed by atoms with E-state index >= 15 is 0 Å². The average molecular weight is 204 g/mol. The highest BCUT2D eigenvalue weighted by molar-refractivity contribution is 7.98. The molecule has 2 rings (SSSR count). The summed E-state index contributed by atoms with van der Waals surface area (Å²) in [4.78, 5) is 1.28. The molecule has 2 heteroatoms. The zero-order valence-corrected chi connectivity index (χ0v) is 9.10. The molecule has 0 saturated carbocycles. The molecule has 0 aliphatic heterocycles. The molecule has 0 N–H and O–H groups in total. The minimum absolute atomic E-state index is 0.913. The molecule has 2 aromatic rings. The maximum Gasteiger partial charge on any atom is 0.119 e. The molecule has 0 amide bonds. The third-order valence-corrected chi connectivity index (χ3v) is 2.98. The van der Waals surface area contributed by atoms with E-state index in [0.29, 0.717) is 0 Å². The lowest BCUT2D eigenvalue weighted by Gasteiger charge is -2.03. The summed E-state index contributed by atoms with van der Waals surface area (Å²) in [6.45, 7) is 0.